The van der Waals surface area contributed by atoms with E-state index in [9.17, 15) is 4.79 Å². The fraction of sp³-hybridized carbons (Fsp3) is 0.636. The number of nitrogens with zero attached hydrogens (tertiary/aromatic N) is 2. The molecule has 2 aliphatic rings. The molecule has 3 heterocycles. The van der Waals surface area contributed by atoms with Crippen molar-refractivity contribution in [2.24, 2.45) is 0 Å². The summed E-state index contributed by atoms with van der Waals surface area (Å²) in [6.07, 6.45) is 3.31. The van der Waals surface area contributed by atoms with Crippen molar-refractivity contribution in [2.75, 3.05) is 24.5 Å². The Labute approximate surface area is 93.9 Å². The summed E-state index contributed by atoms with van der Waals surface area (Å²) in [5.74, 6) is 0.906. The van der Waals surface area contributed by atoms with Crippen molar-refractivity contribution in [2.45, 2.75) is 25.8 Å². The number of rotatable bonds is 1. The zero-order valence-corrected chi connectivity index (χ0v) is 9.25. The number of hydrogen-bond acceptors (Lipinski definition) is 4. The summed E-state index contributed by atoms with van der Waals surface area (Å²) in [4.78, 5) is 20.7. The first-order valence-electron chi connectivity index (χ1n) is 5.92. The summed E-state index contributed by atoms with van der Waals surface area (Å²) < 4.78 is 0. The lowest BCUT2D eigenvalue weighted by Crippen LogP contribution is -2.33. The van der Waals surface area contributed by atoms with Gasteiger partial charge in [-0.05, 0) is 12.8 Å². The normalized spacial score (nSPS) is 19.9. The van der Waals surface area contributed by atoms with Crippen LogP contribution in [0.1, 0.15) is 24.1 Å². The first kappa shape index (κ1) is 9.84. The molecule has 5 heteroatoms. The number of aromatic amines is 1. The fourth-order valence-corrected chi connectivity index (χ4v) is 2.55. The molecule has 1 aromatic rings. The lowest BCUT2D eigenvalue weighted by Gasteiger charge is -2.24. The van der Waals surface area contributed by atoms with Crippen LogP contribution in [0.5, 0.6) is 0 Å². The quantitative estimate of drug-likeness (QED) is 0.700. The van der Waals surface area contributed by atoms with Gasteiger partial charge < -0.3 is 15.2 Å². The van der Waals surface area contributed by atoms with Gasteiger partial charge in [-0.3, -0.25) is 0 Å². The van der Waals surface area contributed by atoms with Gasteiger partial charge in [0.2, 0.25) is 0 Å². The highest BCUT2D eigenvalue weighted by Crippen LogP contribution is 2.24. The highest BCUT2D eigenvalue weighted by molar-refractivity contribution is 5.50. The van der Waals surface area contributed by atoms with Crippen LogP contribution < -0.4 is 15.9 Å². The average Bonchev–Trinajstić information content (AvgIpc) is 2.81. The number of anilines is 1. The van der Waals surface area contributed by atoms with E-state index >= 15 is 0 Å². The summed E-state index contributed by atoms with van der Waals surface area (Å²) in [5.41, 5.74) is 2.05. The van der Waals surface area contributed by atoms with Gasteiger partial charge in [-0.15, -0.1) is 0 Å². The number of nitrogens with one attached hydrogen (secondary N) is 2. The first-order chi connectivity index (χ1) is 7.84. The van der Waals surface area contributed by atoms with Crippen molar-refractivity contribution in [3.8, 4) is 0 Å². The van der Waals surface area contributed by atoms with Crippen LogP contribution in [0, 0.1) is 0 Å². The minimum atomic E-state index is -0.206. The van der Waals surface area contributed by atoms with E-state index in [0.717, 1.165) is 44.1 Å². The Morgan fingerprint density at radius 3 is 2.88 bits per heavy atom. The highest BCUT2D eigenvalue weighted by Gasteiger charge is 2.22. The lowest BCUT2D eigenvalue weighted by molar-refractivity contribution is 0.620. The van der Waals surface area contributed by atoms with Crippen LogP contribution in [-0.4, -0.2) is 29.6 Å². The lowest BCUT2D eigenvalue weighted by atomic mass is 10.1. The van der Waals surface area contributed by atoms with E-state index in [1.165, 1.54) is 18.4 Å². The summed E-state index contributed by atoms with van der Waals surface area (Å²) >= 11 is 0. The molecule has 0 spiro atoms. The van der Waals surface area contributed by atoms with E-state index in [0.29, 0.717) is 0 Å². The largest absolute Gasteiger partial charge is 0.356 e. The Morgan fingerprint density at radius 2 is 2.06 bits per heavy atom. The third-order valence-corrected chi connectivity index (χ3v) is 3.36. The molecule has 0 aromatic carbocycles. The average molecular weight is 220 g/mol. The van der Waals surface area contributed by atoms with Crippen LogP contribution in [0.15, 0.2) is 4.79 Å². The van der Waals surface area contributed by atoms with Gasteiger partial charge in [-0.1, -0.05) is 0 Å². The second-order valence-electron chi connectivity index (χ2n) is 4.44. The zero-order valence-electron chi connectivity index (χ0n) is 9.25. The topological polar surface area (TPSA) is 61.0 Å². The molecule has 0 saturated carbocycles. The zero-order chi connectivity index (χ0) is 11.0. The molecule has 0 aliphatic carbocycles. The Balaban J connectivity index is 2.08. The van der Waals surface area contributed by atoms with Gasteiger partial charge in [0.05, 0.1) is 0 Å². The van der Waals surface area contributed by atoms with Crippen LogP contribution in [0.2, 0.25) is 0 Å². The molecule has 2 N–H and O–H groups in total. The second-order valence-corrected chi connectivity index (χ2v) is 4.44. The summed E-state index contributed by atoms with van der Waals surface area (Å²) in [6.45, 7) is 3.82. The minimum absolute atomic E-state index is 0.206. The van der Waals surface area contributed by atoms with Gasteiger partial charge in [0.1, 0.15) is 5.82 Å². The van der Waals surface area contributed by atoms with Crippen LogP contribution in [0.25, 0.3) is 0 Å². The van der Waals surface area contributed by atoms with Crippen molar-refractivity contribution in [1.82, 2.24) is 15.3 Å². The maximum atomic E-state index is 11.5. The van der Waals surface area contributed by atoms with E-state index in [2.05, 4.69) is 20.2 Å². The van der Waals surface area contributed by atoms with Gasteiger partial charge >= 0.3 is 5.69 Å². The van der Waals surface area contributed by atoms with Gasteiger partial charge in [0.15, 0.2) is 0 Å². The Kier molecular flexibility index (Phi) is 2.40. The second kappa shape index (κ2) is 3.90. The standard InChI is InChI=1S/C11H16N4O/c16-11-13-9-3-4-12-7-8(9)10(14-11)15-5-1-2-6-15/h12H,1-7H2,(H,13,14,16). The fourth-order valence-electron chi connectivity index (χ4n) is 2.55. The van der Waals surface area contributed by atoms with E-state index < -0.39 is 0 Å². The molecule has 0 unspecified atom stereocenters. The number of aromatic nitrogens is 2. The molecule has 3 rings (SSSR count). The third kappa shape index (κ3) is 1.61. The minimum Gasteiger partial charge on any atom is -0.356 e. The molecule has 5 nitrogen and oxygen atoms in total. The Morgan fingerprint density at radius 1 is 1.25 bits per heavy atom. The Hall–Kier alpha value is -1.36. The molecule has 0 radical (unpaired) electrons. The van der Waals surface area contributed by atoms with Crippen molar-refractivity contribution < 1.29 is 0 Å². The molecule has 1 fully saturated rings. The van der Waals surface area contributed by atoms with Crippen LogP contribution in [0.4, 0.5) is 5.82 Å². The number of hydrogen-bond donors (Lipinski definition) is 2. The van der Waals surface area contributed by atoms with Gasteiger partial charge in [0.25, 0.3) is 0 Å². The molecule has 0 bridgehead atoms. The van der Waals surface area contributed by atoms with E-state index in [1.807, 2.05) is 0 Å². The SMILES string of the molecule is O=c1nc(N2CCCC2)c2c([nH]1)CCNC2. The molecule has 2 aliphatic heterocycles. The summed E-state index contributed by atoms with van der Waals surface area (Å²) in [7, 11) is 0. The maximum Gasteiger partial charge on any atom is 0.347 e. The Bertz CT molecular complexity index is 448. The van der Waals surface area contributed by atoms with Crippen molar-refractivity contribution in [3.63, 3.8) is 0 Å². The molecular formula is C11H16N4O. The predicted molar refractivity (Wildman–Crippen MR) is 61.7 cm³/mol. The molecule has 0 atom stereocenters. The summed E-state index contributed by atoms with van der Waals surface area (Å²) in [5, 5.41) is 3.34. The van der Waals surface area contributed by atoms with Gasteiger partial charge in [-0.2, -0.15) is 4.98 Å². The van der Waals surface area contributed by atoms with Gasteiger partial charge in [0, 0.05) is 43.9 Å². The summed E-state index contributed by atoms with van der Waals surface area (Å²) in [6, 6.07) is 0. The van der Waals surface area contributed by atoms with Crippen LogP contribution in [-0.2, 0) is 13.0 Å². The van der Waals surface area contributed by atoms with Crippen molar-refractivity contribution in [1.29, 1.82) is 0 Å². The first-order valence-corrected chi connectivity index (χ1v) is 5.92. The molecule has 16 heavy (non-hydrogen) atoms. The third-order valence-electron chi connectivity index (χ3n) is 3.36. The maximum absolute atomic E-state index is 11.5. The van der Waals surface area contributed by atoms with Crippen molar-refractivity contribution >= 4 is 5.82 Å². The van der Waals surface area contributed by atoms with Gasteiger partial charge in [-0.25, -0.2) is 4.79 Å². The smallest absolute Gasteiger partial charge is 0.347 e. The highest BCUT2D eigenvalue weighted by atomic mass is 16.1. The molecule has 0 amide bonds. The monoisotopic (exact) mass is 220 g/mol. The number of H-pyrrole nitrogens is 1. The molecule has 1 aromatic heterocycles. The van der Waals surface area contributed by atoms with E-state index in [1.54, 1.807) is 0 Å². The van der Waals surface area contributed by atoms with E-state index in [-0.39, 0.29) is 5.69 Å². The van der Waals surface area contributed by atoms with Crippen LogP contribution in [0.3, 0.4) is 0 Å². The van der Waals surface area contributed by atoms with E-state index in [4.69, 9.17) is 0 Å². The molecule has 1 saturated heterocycles. The number of fused-ring (bicyclic) bond motifs is 1. The van der Waals surface area contributed by atoms with Crippen molar-refractivity contribution in [3.05, 3.63) is 21.7 Å². The molecule has 86 valence electrons. The predicted octanol–water partition coefficient (Wildman–Crippen LogP) is 0.0158. The van der Waals surface area contributed by atoms with Crippen LogP contribution >= 0.6 is 0 Å². The molecular weight excluding hydrogens is 204 g/mol.